The molecule has 27 heavy (non-hydrogen) atoms. The Morgan fingerprint density at radius 1 is 0.704 bits per heavy atom. The maximum atomic E-state index is 5.07. The highest BCUT2D eigenvalue weighted by Crippen LogP contribution is 2.40. The molecule has 3 aromatic rings. The molecule has 140 valence electrons. The second-order valence-corrected chi connectivity index (χ2v) is 9.46. The summed E-state index contributed by atoms with van der Waals surface area (Å²) >= 11 is 3.77. The first kappa shape index (κ1) is 18.6. The number of rotatable bonds is 2. The number of fused-ring (bicyclic) bond motifs is 1. The predicted molar refractivity (Wildman–Crippen MR) is 120 cm³/mol. The summed E-state index contributed by atoms with van der Waals surface area (Å²) in [4.78, 5) is 7.60. The zero-order valence-corrected chi connectivity index (χ0v) is 17.4. The van der Waals surface area contributed by atoms with Crippen LogP contribution >= 0.6 is 22.7 Å². The van der Waals surface area contributed by atoms with Gasteiger partial charge < -0.3 is 0 Å². The lowest BCUT2D eigenvalue weighted by molar-refractivity contribution is 0.538. The molecular formula is C24H27NS2. The van der Waals surface area contributed by atoms with Gasteiger partial charge in [-0.3, -0.25) is 0 Å². The molecule has 1 saturated carbocycles. The van der Waals surface area contributed by atoms with Gasteiger partial charge in [0.1, 0.15) is 4.83 Å². The molecule has 0 unspecified atom stereocenters. The predicted octanol–water partition coefficient (Wildman–Crippen LogP) is 8.37. The normalized spacial score (nSPS) is 16.3. The van der Waals surface area contributed by atoms with Crippen LogP contribution in [0.3, 0.4) is 0 Å². The van der Waals surface area contributed by atoms with Gasteiger partial charge in [0.2, 0.25) is 0 Å². The summed E-state index contributed by atoms with van der Waals surface area (Å²) in [6, 6.07) is 21.3. The Hall–Kier alpha value is -1.71. The van der Waals surface area contributed by atoms with Crippen LogP contribution < -0.4 is 0 Å². The molecular weight excluding hydrogens is 366 g/mol. The molecule has 1 nitrogen and oxygen atoms in total. The van der Waals surface area contributed by atoms with Gasteiger partial charge in [-0.15, -0.1) is 22.7 Å². The second kappa shape index (κ2) is 9.48. The molecule has 1 fully saturated rings. The van der Waals surface area contributed by atoms with Crippen molar-refractivity contribution in [2.45, 2.75) is 57.3 Å². The standard InChI is InChI=1S/C24H27NS2/c1-2-6-10-14-19(15-11-7-3-1)21-18-22-24(26-21)25-23(27-22)20-16-12-8-4-5-9-13-17-20/h1-3,6-7,10-11,14-15,18,20H,4-5,8-9,12-13,16-17H2. The quantitative estimate of drug-likeness (QED) is 0.426. The third-order valence-electron chi connectivity index (χ3n) is 5.31. The van der Waals surface area contributed by atoms with E-state index in [1.165, 1.54) is 76.3 Å². The summed E-state index contributed by atoms with van der Waals surface area (Å²) in [7, 11) is 0. The van der Waals surface area contributed by atoms with Gasteiger partial charge in [-0.25, -0.2) is 4.98 Å². The summed E-state index contributed by atoms with van der Waals surface area (Å²) in [5.74, 6) is 0.684. The van der Waals surface area contributed by atoms with E-state index in [2.05, 4.69) is 54.6 Å². The number of hydrogen-bond donors (Lipinski definition) is 0. The van der Waals surface area contributed by atoms with Crippen molar-refractivity contribution < 1.29 is 0 Å². The van der Waals surface area contributed by atoms with E-state index in [0.717, 1.165) is 0 Å². The van der Waals surface area contributed by atoms with Gasteiger partial charge in [0.25, 0.3) is 0 Å². The highest BCUT2D eigenvalue weighted by molar-refractivity contribution is 7.28. The lowest BCUT2D eigenvalue weighted by Crippen LogP contribution is -1.97. The van der Waals surface area contributed by atoms with E-state index in [1.54, 1.807) is 0 Å². The van der Waals surface area contributed by atoms with Gasteiger partial charge in [-0.1, -0.05) is 93.1 Å². The molecule has 0 spiro atoms. The minimum absolute atomic E-state index is 0.684. The molecule has 1 aromatic carbocycles. The fourth-order valence-electron chi connectivity index (χ4n) is 3.81. The first-order valence-corrected chi connectivity index (χ1v) is 11.8. The number of nitrogens with zero attached hydrogens (tertiary/aromatic N) is 1. The van der Waals surface area contributed by atoms with E-state index in [9.17, 15) is 0 Å². The Morgan fingerprint density at radius 3 is 1.93 bits per heavy atom. The SMILES string of the molecule is c1ccccc(-c2cc3sc(C4CCCCCCCC4)nc3s2)cccc1. The van der Waals surface area contributed by atoms with Crippen LogP contribution in [0.1, 0.15) is 62.3 Å². The molecule has 2 heterocycles. The molecule has 4 rings (SSSR count). The first-order chi connectivity index (χ1) is 13.4. The summed E-state index contributed by atoms with van der Waals surface area (Å²) in [5, 5.41) is 1.38. The van der Waals surface area contributed by atoms with Crippen molar-refractivity contribution in [2.75, 3.05) is 0 Å². The molecule has 0 atom stereocenters. The fourth-order valence-corrected chi connectivity index (χ4v) is 6.21. The maximum absolute atomic E-state index is 5.07. The van der Waals surface area contributed by atoms with Crippen molar-refractivity contribution >= 4 is 32.2 Å². The Kier molecular flexibility index (Phi) is 6.54. The fraction of sp³-hybridized carbons (Fsp3) is 0.375. The van der Waals surface area contributed by atoms with Gasteiger partial charge in [-0.05, 0) is 24.5 Å². The van der Waals surface area contributed by atoms with E-state index in [4.69, 9.17) is 4.98 Å². The average molecular weight is 394 g/mol. The van der Waals surface area contributed by atoms with E-state index in [0.29, 0.717) is 5.92 Å². The Morgan fingerprint density at radius 2 is 1.30 bits per heavy atom. The average Bonchev–Trinajstić information content (AvgIpc) is 3.28. The van der Waals surface area contributed by atoms with Crippen molar-refractivity contribution in [1.29, 1.82) is 0 Å². The largest absolute Gasteiger partial charge is 0.230 e. The number of aromatic nitrogens is 1. The van der Waals surface area contributed by atoms with Gasteiger partial charge in [0.05, 0.1) is 9.71 Å². The Bertz CT molecular complexity index is 856. The van der Waals surface area contributed by atoms with Crippen molar-refractivity contribution in [2.24, 2.45) is 0 Å². The van der Waals surface area contributed by atoms with E-state index < -0.39 is 0 Å². The molecule has 0 radical (unpaired) electrons. The van der Waals surface area contributed by atoms with Gasteiger partial charge >= 0.3 is 0 Å². The van der Waals surface area contributed by atoms with Crippen molar-refractivity contribution in [3.05, 3.63) is 65.7 Å². The van der Waals surface area contributed by atoms with E-state index in [-0.39, 0.29) is 0 Å². The van der Waals surface area contributed by atoms with Crippen LogP contribution in [-0.4, -0.2) is 4.98 Å². The van der Waals surface area contributed by atoms with Crippen molar-refractivity contribution in [3.63, 3.8) is 0 Å². The zero-order valence-electron chi connectivity index (χ0n) is 15.8. The Labute approximate surface area is 170 Å². The number of thiazole rings is 1. The van der Waals surface area contributed by atoms with Crippen molar-refractivity contribution in [1.82, 2.24) is 4.98 Å². The lowest BCUT2D eigenvalue weighted by Gasteiger charge is -2.12. The summed E-state index contributed by atoms with van der Waals surface area (Å²) in [6.45, 7) is 0. The van der Waals surface area contributed by atoms with Gasteiger partial charge in [-0.2, -0.15) is 0 Å². The van der Waals surface area contributed by atoms with E-state index >= 15 is 0 Å². The lowest BCUT2D eigenvalue weighted by atomic mass is 9.98. The maximum Gasteiger partial charge on any atom is 0.135 e. The van der Waals surface area contributed by atoms with Gasteiger partial charge in [0, 0.05) is 10.8 Å². The van der Waals surface area contributed by atoms with Crippen molar-refractivity contribution in [3.8, 4) is 10.4 Å². The first-order valence-electron chi connectivity index (χ1n) is 10.2. The second-order valence-electron chi connectivity index (χ2n) is 7.36. The Balaban J connectivity index is 1.60. The highest BCUT2D eigenvalue weighted by Gasteiger charge is 2.18. The zero-order chi connectivity index (χ0) is 18.3. The smallest absolute Gasteiger partial charge is 0.135 e. The van der Waals surface area contributed by atoms with Crippen LogP contribution in [0.5, 0.6) is 0 Å². The van der Waals surface area contributed by atoms with Crippen LogP contribution in [-0.2, 0) is 0 Å². The number of hydrogen-bond acceptors (Lipinski definition) is 3. The summed E-state index contributed by atoms with van der Waals surface area (Å²) < 4.78 is 1.36. The van der Waals surface area contributed by atoms with Crippen LogP contribution in [0.2, 0.25) is 0 Å². The highest BCUT2D eigenvalue weighted by atomic mass is 32.1. The molecule has 0 aliphatic heterocycles. The number of thiophene rings is 1. The van der Waals surface area contributed by atoms with Crippen LogP contribution in [0.25, 0.3) is 20.0 Å². The molecule has 1 aliphatic carbocycles. The molecule has 0 N–H and O–H groups in total. The monoisotopic (exact) mass is 393 g/mol. The van der Waals surface area contributed by atoms with Gasteiger partial charge in [0.15, 0.2) is 0 Å². The molecule has 0 amide bonds. The van der Waals surface area contributed by atoms with Crippen LogP contribution in [0.4, 0.5) is 0 Å². The topological polar surface area (TPSA) is 12.9 Å². The third-order valence-corrected chi connectivity index (χ3v) is 7.69. The van der Waals surface area contributed by atoms with Crippen LogP contribution in [0.15, 0.2) is 60.7 Å². The summed E-state index contributed by atoms with van der Waals surface area (Å²) in [5.41, 5.74) is 1.25. The minimum Gasteiger partial charge on any atom is -0.230 e. The third kappa shape index (κ3) is 4.97. The van der Waals surface area contributed by atoms with Crippen LogP contribution in [0, 0.1) is 0 Å². The summed E-state index contributed by atoms with van der Waals surface area (Å²) in [6.07, 6.45) is 11.0. The van der Waals surface area contributed by atoms with E-state index in [1.807, 2.05) is 28.7 Å². The molecule has 0 bridgehead atoms. The molecule has 3 heteroatoms. The molecule has 0 saturated heterocycles. The minimum atomic E-state index is 0.684. The molecule has 1 aliphatic rings. The molecule has 2 aromatic heterocycles.